The van der Waals surface area contributed by atoms with Crippen molar-refractivity contribution in [2.45, 2.75) is 140 Å². The highest BCUT2D eigenvalue weighted by atomic mass is 32.2. The van der Waals surface area contributed by atoms with Gasteiger partial charge in [-0.2, -0.15) is 0 Å². The number of hydrogen-bond acceptors (Lipinski definition) is 3. The number of allylic oxidation sites excluding steroid dienone is 13. The Kier molecular flexibility index (Phi) is 13.7. The maximum atomic E-state index is 13.9. The van der Waals surface area contributed by atoms with Gasteiger partial charge in [0, 0.05) is 17.8 Å². The van der Waals surface area contributed by atoms with Gasteiger partial charge >= 0.3 is 0 Å². The first kappa shape index (κ1) is 38.4. The number of rotatable bonds is 16. The van der Waals surface area contributed by atoms with Crippen LogP contribution in [0.2, 0.25) is 0 Å². The molecule has 3 unspecified atom stereocenters. The van der Waals surface area contributed by atoms with Gasteiger partial charge in [-0.15, -0.1) is 0 Å². The van der Waals surface area contributed by atoms with E-state index in [-0.39, 0.29) is 34.4 Å². The lowest BCUT2D eigenvalue weighted by atomic mass is 9.88. The summed E-state index contributed by atoms with van der Waals surface area (Å²) in [6, 6.07) is 0. The van der Waals surface area contributed by atoms with Gasteiger partial charge in [0.2, 0.25) is 0 Å². The maximum absolute atomic E-state index is 13.9. The van der Waals surface area contributed by atoms with Crippen LogP contribution in [0.4, 0.5) is 0 Å². The van der Waals surface area contributed by atoms with Crippen LogP contribution >= 0.6 is 11.8 Å². The minimum atomic E-state index is -0.162. The standard InChI is InChI=1S/C43H66O2S/c1-28(2)15-13-17-30(5)23-33(24-31(6)19-21-42(7,8)9)37-38-39(37)41(45)36(40(38)44)27-32-25-34(18-14-16-29(3)4)46-35(26-32)20-22-43(10,11)12/h23-29,37-39,44H,6,13-22H2,1-5,7-12H3/b30-23+,32-27-,33-24+. The van der Waals surface area contributed by atoms with Crippen molar-refractivity contribution in [1.82, 2.24) is 0 Å². The highest BCUT2D eigenvalue weighted by Gasteiger charge is 2.63. The van der Waals surface area contributed by atoms with Crippen molar-refractivity contribution >= 4 is 17.5 Å². The van der Waals surface area contributed by atoms with E-state index in [4.69, 9.17) is 0 Å². The second-order valence-corrected chi connectivity index (χ2v) is 18.9. The van der Waals surface area contributed by atoms with Crippen LogP contribution < -0.4 is 0 Å². The molecule has 0 saturated heterocycles. The fourth-order valence-corrected chi connectivity index (χ4v) is 7.74. The maximum Gasteiger partial charge on any atom is 0.170 e. The Morgan fingerprint density at radius 1 is 0.870 bits per heavy atom. The fraction of sp³-hybridized carbons (Fsp3) is 0.651. The average molecular weight is 647 g/mol. The van der Waals surface area contributed by atoms with Crippen molar-refractivity contribution in [3.63, 3.8) is 0 Å². The van der Waals surface area contributed by atoms with E-state index in [0.29, 0.717) is 23.2 Å². The Morgan fingerprint density at radius 3 is 2.00 bits per heavy atom. The van der Waals surface area contributed by atoms with Crippen LogP contribution in [0.1, 0.15) is 140 Å². The SMILES string of the molecule is C=C(/C=C(\C=C(/C)CCCC(C)C)C1C2C(=O)C(/C=C3/C=C(CCCC(C)C)SC(CCC(C)(C)C)=C3)=C(O)C21)CCC(C)(C)C. The third-order valence-corrected chi connectivity index (χ3v) is 10.6. The Labute approximate surface area is 287 Å². The first-order valence-corrected chi connectivity index (χ1v) is 19.0. The Hall–Kier alpha value is -2.00. The van der Waals surface area contributed by atoms with Crippen LogP contribution in [0.3, 0.4) is 0 Å². The van der Waals surface area contributed by atoms with Crippen LogP contribution in [0.15, 0.2) is 80.4 Å². The summed E-state index contributed by atoms with van der Waals surface area (Å²) in [5.41, 5.74) is 5.74. The normalized spacial score (nSPS) is 23.5. The molecular weight excluding hydrogens is 581 g/mol. The summed E-state index contributed by atoms with van der Waals surface area (Å²) in [6.07, 6.45) is 22.1. The van der Waals surface area contributed by atoms with Crippen molar-refractivity contribution in [2.24, 2.45) is 40.4 Å². The lowest BCUT2D eigenvalue weighted by Gasteiger charge is -2.22. The van der Waals surface area contributed by atoms with Crippen molar-refractivity contribution in [3.05, 3.63) is 80.4 Å². The number of Topliss-reactive ketones (excluding diaryl/α,β-unsaturated/α-hetero) is 1. The van der Waals surface area contributed by atoms with Crippen LogP contribution in [-0.4, -0.2) is 10.9 Å². The van der Waals surface area contributed by atoms with E-state index in [2.05, 4.69) is 107 Å². The number of fused-ring (bicyclic) bond motifs is 1. The molecule has 0 spiro atoms. The lowest BCUT2D eigenvalue weighted by Crippen LogP contribution is -2.08. The van der Waals surface area contributed by atoms with E-state index in [1.807, 2.05) is 17.8 Å². The van der Waals surface area contributed by atoms with Gasteiger partial charge in [0.1, 0.15) is 5.76 Å². The minimum absolute atomic E-state index is 0.0445. The number of aliphatic hydroxyl groups excluding tert-OH is 1. The molecule has 0 radical (unpaired) electrons. The summed E-state index contributed by atoms with van der Waals surface area (Å²) in [5.74, 6) is 1.57. The quantitative estimate of drug-likeness (QED) is 0.170. The molecule has 0 bridgehead atoms. The van der Waals surface area contributed by atoms with Crippen molar-refractivity contribution < 1.29 is 9.90 Å². The van der Waals surface area contributed by atoms with Crippen molar-refractivity contribution in [2.75, 3.05) is 0 Å². The molecule has 46 heavy (non-hydrogen) atoms. The lowest BCUT2D eigenvalue weighted by molar-refractivity contribution is -0.116. The smallest absolute Gasteiger partial charge is 0.170 e. The molecule has 3 aliphatic rings. The third kappa shape index (κ3) is 12.2. The Balaban J connectivity index is 1.88. The van der Waals surface area contributed by atoms with Crippen LogP contribution in [0, 0.1) is 40.4 Å². The van der Waals surface area contributed by atoms with Gasteiger partial charge in [-0.05, 0) is 120 Å². The van der Waals surface area contributed by atoms with Crippen molar-refractivity contribution in [1.29, 1.82) is 0 Å². The van der Waals surface area contributed by atoms with E-state index in [1.165, 1.54) is 46.6 Å². The summed E-state index contributed by atoms with van der Waals surface area (Å²) < 4.78 is 0. The van der Waals surface area contributed by atoms with Crippen molar-refractivity contribution in [3.8, 4) is 0 Å². The van der Waals surface area contributed by atoms with E-state index in [1.54, 1.807) is 0 Å². The molecule has 1 N–H and O–H groups in total. The molecule has 1 fully saturated rings. The van der Waals surface area contributed by atoms with Gasteiger partial charge in [0.15, 0.2) is 5.78 Å². The third-order valence-electron chi connectivity index (χ3n) is 9.45. The molecule has 3 rings (SSSR count). The number of ketones is 1. The predicted molar refractivity (Wildman–Crippen MR) is 203 cm³/mol. The molecule has 1 heterocycles. The molecule has 2 nitrogen and oxygen atoms in total. The zero-order valence-corrected chi connectivity index (χ0v) is 32.1. The summed E-state index contributed by atoms with van der Waals surface area (Å²) in [4.78, 5) is 16.7. The van der Waals surface area contributed by atoms with E-state index >= 15 is 0 Å². The van der Waals surface area contributed by atoms with Gasteiger partial charge in [0.05, 0.1) is 5.57 Å². The molecule has 1 aliphatic heterocycles. The first-order valence-electron chi connectivity index (χ1n) is 18.2. The molecule has 0 aromatic carbocycles. The predicted octanol–water partition coefficient (Wildman–Crippen LogP) is 13.4. The molecule has 3 atom stereocenters. The highest BCUT2D eigenvalue weighted by Crippen LogP contribution is 2.61. The molecule has 2 aliphatic carbocycles. The van der Waals surface area contributed by atoms with E-state index in [9.17, 15) is 9.90 Å². The van der Waals surface area contributed by atoms with Gasteiger partial charge in [-0.25, -0.2) is 0 Å². The van der Waals surface area contributed by atoms with Crippen LogP contribution in [0.25, 0.3) is 0 Å². The fourth-order valence-electron chi connectivity index (χ4n) is 6.57. The zero-order valence-electron chi connectivity index (χ0n) is 31.3. The number of carbonyl (C=O) groups is 1. The molecule has 3 heteroatoms. The number of carbonyl (C=O) groups excluding carboxylic acids is 1. The largest absolute Gasteiger partial charge is 0.511 e. The average Bonchev–Trinajstić information content (AvgIpc) is 3.62. The summed E-state index contributed by atoms with van der Waals surface area (Å²) >= 11 is 1.92. The molecule has 256 valence electrons. The van der Waals surface area contributed by atoms with Gasteiger partial charge in [-0.1, -0.05) is 124 Å². The minimum Gasteiger partial charge on any atom is -0.511 e. The number of hydrogen-bond donors (Lipinski definition) is 1. The zero-order chi connectivity index (χ0) is 34.4. The number of aliphatic hydroxyl groups is 1. The monoisotopic (exact) mass is 646 g/mol. The Morgan fingerprint density at radius 2 is 1.46 bits per heavy atom. The summed E-state index contributed by atoms with van der Waals surface area (Å²) in [7, 11) is 0. The second kappa shape index (κ2) is 16.4. The van der Waals surface area contributed by atoms with Crippen LogP contribution in [-0.2, 0) is 4.79 Å². The van der Waals surface area contributed by atoms with Gasteiger partial charge in [-0.3, -0.25) is 4.79 Å². The van der Waals surface area contributed by atoms with Gasteiger partial charge in [0.25, 0.3) is 0 Å². The number of thioether (sulfide) groups is 1. The second-order valence-electron chi connectivity index (χ2n) is 17.7. The molecular formula is C43H66O2S. The molecule has 0 aromatic rings. The summed E-state index contributed by atoms with van der Waals surface area (Å²) in [6.45, 7) is 29.4. The molecule has 1 saturated carbocycles. The molecule has 0 amide bonds. The highest BCUT2D eigenvalue weighted by molar-refractivity contribution is 8.06. The van der Waals surface area contributed by atoms with E-state index < -0.39 is 0 Å². The summed E-state index contributed by atoms with van der Waals surface area (Å²) in [5, 5.41) is 11.5. The Bertz CT molecular complexity index is 1290. The molecule has 0 aromatic heterocycles. The topological polar surface area (TPSA) is 37.3 Å². The van der Waals surface area contributed by atoms with Crippen LogP contribution in [0.5, 0.6) is 0 Å². The first-order chi connectivity index (χ1) is 21.3. The van der Waals surface area contributed by atoms with E-state index in [0.717, 1.165) is 49.7 Å². The van der Waals surface area contributed by atoms with Gasteiger partial charge < -0.3 is 5.11 Å².